The van der Waals surface area contributed by atoms with Crippen LogP contribution in [0.5, 0.6) is 5.88 Å². The van der Waals surface area contributed by atoms with Crippen LogP contribution < -0.4 is 9.64 Å². The average Bonchev–Trinajstić information content (AvgIpc) is 3.28. The molecule has 2 aromatic heterocycles. The van der Waals surface area contributed by atoms with Gasteiger partial charge in [0.25, 0.3) is 5.88 Å². The van der Waals surface area contributed by atoms with Gasteiger partial charge in [-0.15, -0.1) is 0 Å². The van der Waals surface area contributed by atoms with Crippen molar-refractivity contribution in [1.29, 1.82) is 0 Å². The van der Waals surface area contributed by atoms with Gasteiger partial charge in [0, 0.05) is 24.5 Å². The fourth-order valence-electron chi connectivity index (χ4n) is 3.74. The van der Waals surface area contributed by atoms with Crippen molar-refractivity contribution < 1.29 is 32.2 Å². The molecule has 178 valence electrons. The molecule has 3 heterocycles. The Labute approximate surface area is 191 Å². The van der Waals surface area contributed by atoms with Crippen molar-refractivity contribution in [3.63, 3.8) is 0 Å². The Morgan fingerprint density at radius 1 is 1.12 bits per heavy atom. The van der Waals surface area contributed by atoms with Gasteiger partial charge in [-0.2, -0.15) is 22.5 Å². The minimum absolute atomic E-state index is 0.000420. The van der Waals surface area contributed by atoms with Crippen molar-refractivity contribution in [2.24, 2.45) is 0 Å². The fourth-order valence-corrected chi connectivity index (χ4v) is 3.74. The summed E-state index contributed by atoms with van der Waals surface area (Å²) in [6.07, 6.45) is 0.513. The van der Waals surface area contributed by atoms with Gasteiger partial charge in [-0.25, -0.2) is 15.0 Å². The summed E-state index contributed by atoms with van der Waals surface area (Å²) >= 11 is 0. The largest absolute Gasteiger partial charge is 0.481 e. The van der Waals surface area contributed by atoms with Gasteiger partial charge in [0.05, 0.1) is 11.6 Å². The lowest BCUT2D eigenvalue weighted by atomic mass is 10.0. The Bertz CT molecular complexity index is 1160. The molecule has 3 aromatic rings. The first kappa shape index (κ1) is 23.3. The summed E-state index contributed by atoms with van der Waals surface area (Å²) in [4.78, 5) is 28.1. The highest BCUT2D eigenvalue weighted by molar-refractivity contribution is 5.68. The molecule has 1 aliphatic heterocycles. The number of halogens is 4. The topological polar surface area (TPSA) is 101 Å². The SMILES string of the molecule is O=C(O)Cc1ncc(COc2ncnc(N3CCCC3c3ccc(C(F)(F)F)cc3)c2F)cn1. The molecule has 0 bridgehead atoms. The molecule has 1 unspecified atom stereocenters. The number of rotatable bonds is 7. The van der Waals surface area contributed by atoms with E-state index in [9.17, 15) is 18.0 Å². The zero-order valence-corrected chi connectivity index (χ0v) is 17.7. The molecule has 0 aliphatic carbocycles. The molecule has 0 radical (unpaired) electrons. The molecule has 1 atom stereocenters. The van der Waals surface area contributed by atoms with E-state index in [0.29, 0.717) is 30.5 Å². The Morgan fingerprint density at radius 2 is 1.82 bits per heavy atom. The Hall–Kier alpha value is -3.83. The first-order valence-corrected chi connectivity index (χ1v) is 10.3. The Balaban J connectivity index is 1.49. The predicted molar refractivity (Wildman–Crippen MR) is 110 cm³/mol. The highest BCUT2D eigenvalue weighted by Gasteiger charge is 2.33. The Kier molecular flexibility index (Phi) is 6.57. The summed E-state index contributed by atoms with van der Waals surface area (Å²) in [7, 11) is 0. The lowest BCUT2D eigenvalue weighted by molar-refractivity contribution is -0.138. The third-order valence-corrected chi connectivity index (χ3v) is 5.33. The summed E-state index contributed by atoms with van der Waals surface area (Å²) in [6.45, 7) is 0.362. The highest BCUT2D eigenvalue weighted by Crippen LogP contribution is 2.38. The first-order chi connectivity index (χ1) is 16.2. The van der Waals surface area contributed by atoms with Gasteiger partial charge in [0.2, 0.25) is 5.82 Å². The molecule has 8 nitrogen and oxygen atoms in total. The van der Waals surface area contributed by atoms with Crippen molar-refractivity contribution in [1.82, 2.24) is 19.9 Å². The van der Waals surface area contributed by atoms with Crippen LogP contribution >= 0.6 is 0 Å². The normalized spacial score (nSPS) is 16.0. The van der Waals surface area contributed by atoms with Gasteiger partial charge in [-0.05, 0) is 30.5 Å². The molecule has 0 saturated carbocycles. The van der Waals surface area contributed by atoms with Gasteiger partial charge >= 0.3 is 12.1 Å². The smallest absolute Gasteiger partial charge is 0.416 e. The number of carboxylic acid groups (broad SMARTS) is 1. The monoisotopic (exact) mass is 477 g/mol. The highest BCUT2D eigenvalue weighted by atomic mass is 19.4. The van der Waals surface area contributed by atoms with Gasteiger partial charge < -0.3 is 14.7 Å². The van der Waals surface area contributed by atoms with Crippen molar-refractivity contribution in [3.8, 4) is 5.88 Å². The summed E-state index contributed by atoms with van der Waals surface area (Å²) in [6, 6.07) is 4.49. The molecule has 1 saturated heterocycles. The number of ether oxygens (including phenoxy) is 1. The third-order valence-electron chi connectivity index (χ3n) is 5.33. The second-order valence-electron chi connectivity index (χ2n) is 7.65. The number of alkyl halides is 3. The molecular weight excluding hydrogens is 458 g/mol. The molecule has 1 aliphatic rings. The minimum Gasteiger partial charge on any atom is -0.481 e. The Morgan fingerprint density at radius 3 is 2.47 bits per heavy atom. The molecular formula is C22H19F4N5O3. The molecule has 0 amide bonds. The van der Waals surface area contributed by atoms with E-state index < -0.39 is 23.5 Å². The number of aromatic nitrogens is 4. The van der Waals surface area contributed by atoms with Crippen LogP contribution in [0.25, 0.3) is 0 Å². The van der Waals surface area contributed by atoms with Gasteiger partial charge in [0.15, 0.2) is 5.82 Å². The summed E-state index contributed by atoms with van der Waals surface area (Å²) in [5, 5.41) is 8.76. The maximum atomic E-state index is 15.2. The van der Waals surface area contributed by atoms with Gasteiger partial charge in [-0.1, -0.05) is 12.1 Å². The molecule has 1 N–H and O–H groups in total. The van der Waals surface area contributed by atoms with E-state index in [1.807, 2.05) is 0 Å². The molecule has 12 heteroatoms. The lowest BCUT2D eigenvalue weighted by Crippen LogP contribution is -2.25. The van der Waals surface area contributed by atoms with Crippen LogP contribution in [-0.4, -0.2) is 37.6 Å². The number of carboxylic acids is 1. The zero-order chi connectivity index (χ0) is 24.3. The summed E-state index contributed by atoms with van der Waals surface area (Å²) < 4.78 is 59.3. The number of anilines is 1. The quantitative estimate of drug-likeness (QED) is 0.510. The van der Waals surface area contributed by atoms with Crippen molar-refractivity contribution in [3.05, 3.63) is 71.3 Å². The van der Waals surface area contributed by atoms with Crippen LogP contribution in [0.15, 0.2) is 43.0 Å². The van der Waals surface area contributed by atoms with Crippen LogP contribution in [0.2, 0.25) is 0 Å². The molecule has 1 aromatic carbocycles. The van der Waals surface area contributed by atoms with E-state index >= 15 is 4.39 Å². The van der Waals surface area contributed by atoms with Crippen molar-refractivity contribution >= 4 is 11.8 Å². The maximum Gasteiger partial charge on any atom is 0.416 e. The van der Waals surface area contributed by atoms with E-state index in [-0.39, 0.29) is 36.6 Å². The predicted octanol–water partition coefficient (Wildman–Crippen LogP) is 3.97. The van der Waals surface area contributed by atoms with Crippen LogP contribution in [-0.2, 0) is 24.0 Å². The van der Waals surface area contributed by atoms with E-state index in [1.165, 1.54) is 24.5 Å². The van der Waals surface area contributed by atoms with E-state index in [4.69, 9.17) is 9.84 Å². The zero-order valence-electron chi connectivity index (χ0n) is 17.7. The van der Waals surface area contributed by atoms with Crippen molar-refractivity contribution in [2.45, 2.75) is 38.1 Å². The minimum atomic E-state index is -4.43. The molecule has 4 rings (SSSR count). The van der Waals surface area contributed by atoms with E-state index in [0.717, 1.165) is 18.5 Å². The lowest BCUT2D eigenvalue weighted by Gasteiger charge is -2.26. The maximum absolute atomic E-state index is 15.2. The van der Waals surface area contributed by atoms with Crippen LogP contribution in [0, 0.1) is 5.82 Å². The molecule has 34 heavy (non-hydrogen) atoms. The average molecular weight is 477 g/mol. The number of carbonyl (C=O) groups is 1. The fraction of sp³-hybridized carbons (Fsp3) is 0.318. The van der Waals surface area contributed by atoms with E-state index in [2.05, 4.69) is 19.9 Å². The molecule has 0 spiro atoms. The number of benzene rings is 1. The standard InChI is InChI=1S/C22H19F4N5O3/c23-19-20(31-7-1-2-16(31)14-3-5-15(6-4-14)22(24,25)26)29-12-30-21(19)34-11-13-9-27-17(28-10-13)8-18(32)33/h3-6,9-10,12,16H,1-2,7-8,11H2,(H,32,33). The first-order valence-electron chi connectivity index (χ1n) is 10.3. The summed E-state index contributed by atoms with van der Waals surface area (Å²) in [5.41, 5.74) is 0.367. The number of hydrogen-bond acceptors (Lipinski definition) is 7. The van der Waals surface area contributed by atoms with Crippen LogP contribution in [0.4, 0.5) is 23.4 Å². The summed E-state index contributed by atoms with van der Waals surface area (Å²) in [5.74, 6) is -2.01. The number of hydrogen-bond donors (Lipinski definition) is 1. The van der Waals surface area contributed by atoms with Gasteiger partial charge in [0.1, 0.15) is 25.2 Å². The van der Waals surface area contributed by atoms with Crippen LogP contribution in [0.3, 0.4) is 0 Å². The molecule has 1 fully saturated rings. The van der Waals surface area contributed by atoms with E-state index in [1.54, 1.807) is 4.90 Å². The van der Waals surface area contributed by atoms with Crippen molar-refractivity contribution in [2.75, 3.05) is 11.4 Å². The van der Waals surface area contributed by atoms with Gasteiger partial charge in [-0.3, -0.25) is 4.79 Å². The number of nitrogens with zero attached hydrogens (tertiary/aromatic N) is 5. The second kappa shape index (κ2) is 9.57. The number of aliphatic carboxylic acids is 1. The third kappa shape index (κ3) is 5.21. The second-order valence-corrected chi connectivity index (χ2v) is 7.65. The van der Waals surface area contributed by atoms with Crippen LogP contribution in [0.1, 0.15) is 41.4 Å².